The molecule has 3 N–H and O–H groups in total. The average molecular weight is 343 g/mol. The van der Waals surface area contributed by atoms with Crippen LogP contribution in [0.5, 0.6) is 0 Å². The van der Waals surface area contributed by atoms with Crippen LogP contribution in [0.1, 0.15) is 5.69 Å². The van der Waals surface area contributed by atoms with Crippen molar-refractivity contribution in [2.75, 3.05) is 11.6 Å². The fourth-order valence-corrected chi connectivity index (χ4v) is 4.70. The highest BCUT2D eigenvalue weighted by Crippen LogP contribution is 2.32. The molecule has 0 atom stereocenters. The van der Waals surface area contributed by atoms with E-state index < -0.39 is 15.9 Å². The zero-order chi connectivity index (χ0) is 15.5. The van der Waals surface area contributed by atoms with Gasteiger partial charge in [-0.15, -0.1) is 11.8 Å². The van der Waals surface area contributed by atoms with Crippen molar-refractivity contribution in [2.24, 2.45) is 5.73 Å². The van der Waals surface area contributed by atoms with Crippen LogP contribution in [-0.2, 0) is 15.6 Å². The summed E-state index contributed by atoms with van der Waals surface area (Å²) >= 11 is 2.38. The Balaban J connectivity index is 2.24. The third-order valence-corrected chi connectivity index (χ3v) is 6.25. The van der Waals surface area contributed by atoms with Crippen molar-refractivity contribution in [3.05, 3.63) is 36.0 Å². The smallest absolute Gasteiger partial charge is 0.318 e. The van der Waals surface area contributed by atoms with E-state index in [4.69, 9.17) is 5.73 Å². The number of primary amides is 1. The van der Waals surface area contributed by atoms with Crippen LogP contribution in [0.25, 0.3) is 0 Å². The predicted molar refractivity (Wildman–Crippen MR) is 84.4 cm³/mol. The molecule has 0 aliphatic heterocycles. The molecule has 0 bridgehead atoms. The van der Waals surface area contributed by atoms with Gasteiger partial charge in [-0.3, -0.25) is 5.32 Å². The quantitative estimate of drug-likeness (QED) is 0.811. The van der Waals surface area contributed by atoms with Crippen molar-refractivity contribution in [2.45, 2.75) is 14.9 Å². The third-order valence-electron chi connectivity index (χ3n) is 2.35. The molecular formula is C12H13N3O3S3. The number of thioether (sulfide) groups is 1. The molecule has 2 rings (SSSR count). The van der Waals surface area contributed by atoms with Gasteiger partial charge in [0.25, 0.3) is 0 Å². The minimum atomic E-state index is -3.40. The summed E-state index contributed by atoms with van der Waals surface area (Å²) < 4.78 is 23.7. The summed E-state index contributed by atoms with van der Waals surface area (Å²) in [7, 11) is -3.40. The predicted octanol–water partition coefficient (Wildman–Crippen LogP) is 2.33. The lowest BCUT2D eigenvalue weighted by molar-refractivity contribution is 0.259. The Morgan fingerprint density at radius 3 is 2.62 bits per heavy atom. The highest BCUT2D eigenvalue weighted by Gasteiger charge is 2.20. The Kier molecular flexibility index (Phi) is 4.86. The van der Waals surface area contributed by atoms with Crippen LogP contribution < -0.4 is 11.1 Å². The number of benzene rings is 1. The monoisotopic (exact) mass is 343 g/mol. The second-order valence-corrected chi connectivity index (χ2v) is 8.38. The molecule has 0 aliphatic rings. The van der Waals surface area contributed by atoms with Crippen molar-refractivity contribution in [1.82, 2.24) is 4.98 Å². The van der Waals surface area contributed by atoms with Crippen LogP contribution >= 0.6 is 23.1 Å². The molecule has 0 aliphatic carbocycles. The third kappa shape index (κ3) is 4.45. The second-order valence-electron chi connectivity index (χ2n) is 4.12. The number of carbonyl (C=O) groups is 1. The Bertz CT molecular complexity index is 742. The second kappa shape index (κ2) is 6.46. The van der Waals surface area contributed by atoms with Crippen LogP contribution in [0, 0.1) is 0 Å². The first-order valence-corrected chi connectivity index (χ1v) is 9.49. The molecule has 0 unspecified atom stereocenters. The Labute approximate surface area is 130 Å². The van der Waals surface area contributed by atoms with Crippen molar-refractivity contribution in [3.63, 3.8) is 0 Å². The van der Waals surface area contributed by atoms with Gasteiger partial charge in [0.05, 0.1) is 5.69 Å². The lowest BCUT2D eigenvalue weighted by atomic mass is 10.4. The maximum Gasteiger partial charge on any atom is 0.318 e. The van der Waals surface area contributed by atoms with Crippen molar-refractivity contribution in [3.8, 4) is 0 Å². The molecule has 9 heteroatoms. The zero-order valence-corrected chi connectivity index (χ0v) is 13.5. The minimum absolute atomic E-state index is 0.148. The van der Waals surface area contributed by atoms with E-state index in [1.165, 1.54) is 11.8 Å². The van der Waals surface area contributed by atoms with Gasteiger partial charge in [0.1, 0.15) is 4.21 Å². The summed E-state index contributed by atoms with van der Waals surface area (Å²) in [6, 6.07) is 8.80. The summed E-state index contributed by atoms with van der Waals surface area (Å²) in [5, 5.41) is 2.50. The van der Waals surface area contributed by atoms with Gasteiger partial charge in [-0.25, -0.2) is 18.2 Å². The van der Waals surface area contributed by atoms with E-state index in [1.54, 1.807) is 0 Å². The molecule has 0 spiro atoms. The molecule has 6 nitrogen and oxygen atoms in total. The van der Waals surface area contributed by atoms with Crippen LogP contribution in [0.2, 0.25) is 0 Å². The summed E-state index contributed by atoms with van der Waals surface area (Å²) in [6.07, 6.45) is 1.12. The van der Waals surface area contributed by atoms with Crippen LogP contribution in [0.15, 0.2) is 39.4 Å². The number of thiazole rings is 1. The molecule has 1 aromatic heterocycles. The van der Waals surface area contributed by atoms with Crippen molar-refractivity contribution < 1.29 is 13.2 Å². The maximum absolute atomic E-state index is 11.8. The van der Waals surface area contributed by atoms with Gasteiger partial charge in [0.2, 0.25) is 0 Å². The van der Waals surface area contributed by atoms with Gasteiger partial charge >= 0.3 is 6.03 Å². The lowest BCUT2D eigenvalue weighted by Crippen LogP contribution is -2.19. The van der Waals surface area contributed by atoms with E-state index >= 15 is 0 Å². The van der Waals surface area contributed by atoms with Gasteiger partial charge < -0.3 is 5.73 Å². The number of anilines is 1. The average Bonchev–Trinajstić information content (AvgIpc) is 2.80. The van der Waals surface area contributed by atoms with E-state index in [1.807, 2.05) is 30.3 Å². The van der Waals surface area contributed by atoms with Crippen molar-refractivity contribution in [1.29, 1.82) is 0 Å². The van der Waals surface area contributed by atoms with E-state index in [2.05, 4.69) is 10.3 Å². The molecule has 2 aromatic rings. The highest BCUT2D eigenvalue weighted by molar-refractivity contribution is 7.98. The summed E-state index contributed by atoms with van der Waals surface area (Å²) in [5.41, 5.74) is 5.44. The topological polar surface area (TPSA) is 102 Å². The van der Waals surface area contributed by atoms with Gasteiger partial charge in [-0.2, -0.15) is 0 Å². The first-order chi connectivity index (χ1) is 9.86. The molecule has 1 aromatic carbocycles. The fourth-order valence-electron chi connectivity index (χ4n) is 1.55. The van der Waals surface area contributed by atoms with Gasteiger partial charge in [0.15, 0.2) is 15.0 Å². The molecule has 1 heterocycles. The number of hydrogen-bond acceptors (Lipinski definition) is 6. The van der Waals surface area contributed by atoms with Crippen LogP contribution in [-0.4, -0.2) is 25.7 Å². The lowest BCUT2D eigenvalue weighted by Gasteiger charge is -2.01. The Morgan fingerprint density at radius 1 is 1.38 bits per heavy atom. The van der Waals surface area contributed by atoms with E-state index in [-0.39, 0.29) is 9.34 Å². The molecule has 0 saturated carbocycles. The summed E-state index contributed by atoms with van der Waals surface area (Å²) in [5.74, 6) is 0.392. The van der Waals surface area contributed by atoms with Crippen LogP contribution in [0.3, 0.4) is 0 Å². The van der Waals surface area contributed by atoms with Gasteiger partial charge in [-0.1, -0.05) is 29.5 Å². The molecule has 21 heavy (non-hydrogen) atoms. The van der Waals surface area contributed by atoms with E-state index in [0.29, 0.717) is 11.4 Å². The van der Waals surface area contributed by atoms with E-state index in [0.717, 1.165) is 22.5 Å². The number of nitrogens with one attached hydrogen (secondary N) is 1. The SMILES string of the molecule is CS(=O)(=O)c1sc(NC(N)=O)nc1CSc1ccccc1. The summed E-state index contributed by atoms with van der Waals surface area (Å²) in [4.78, 5) is 16.0. The maximum atomic E-state index is 11.8. The molecule has 0 radical (unpaired) electrons. The largest absolute Gasteiger partial charge is 0.351 e. The van der Waals surface area contributed by atoms with Gasteiger partial charge in [-0.05, 0) is 12.1 Å². The first-order valence-electron chi connectivity index (χ1n) is 5.80. The number of aromatic nitrogens is 1. The van der Waals surface area contributed by atoms with Crippen molar-refractivity contribution >= 4 is 44.1 Å². The number of nitrogens with two attached hydrogens (primary N) is 1. The molecule has 0 saturated heterocycles. The van der Waals surface area contributed by atoms with Gasteiger partial charge in [0, 0.05) is 16.9 Å². The number of nitrogens with zero attached hydrogens (tertiary/aromatic N) is 1. The normalized spacial score (nSPS) is 11.3. The Hall–Kier alpha value is -1.58. The number of sulfone groups is 1. The van der Waals surface area contributed by atoms with Crippen LogP contribution in [0.4, 0.5) is 9.93 Å². The minimum Gasteiger partial charge on any atom is -0.351 e. The molecule has 0 fully saturated rings. The first kappa shape index (κ1) is 15.8. The number of carbonyl (C=O) groups excluding carboxylic acids is 1. The number of hydrogen-bond donors (Lipinski definition) is 2. The standard InChI is InChI=1S/C12H13N3O3S3/c1-21(17,18)10-9(14-12(20-10)15-11(13)16)7-19-8-5-3-2-4-6-8/h2-6H,7H2,1H3,(H3,13,14,15,16). The molecule has 2 amide bonds. The van der Waals surface area contributed by atoms with E-state index in [9.17, 15) is 13.2 Å². The molecule has 112 valence electrons. The number of amides is 2. The number of rotatable bonds is 5. The summed E-state index contributed by atoms with van der Waals surface area (Å²) in [6.45, 7) is 0. The number of urea groups is 1. The highest BCUT2D eigenvalue weighted by atomic mass is 32.2. The fraction of sp³-hybridized carbons (Fsp3) is 0.167. The Morgan fingerprint density at radius 2 is 2.05 bits per heavy atom. The zero-order valence-electron chi connectivity index (χ0n) is 11.1. The molecular weight excluding hydrogens is 330 g/mol.